The molecular formula is C11H9N3O3. The van der Waals surface area contributed by atoms with E-state index >= 15 is 0 Å². The van der Waals surface area contributed by atoms with Gasteiger partial charge in [0.15, 0.2) is 0 Å². The second kappa shape index (κ2) is 4.17. The number of nitrogens with one attached hydrogen (secondary N) is 1. The second-order valence-corrected chi connectivity index (χ2v) is 3.56. The minimum Gasteiger partial charge on any atom is -0.268 e. The minimum absolute atomic E-state index is 0.0377. The molecule has 0 fully saturated rings. The van der Waals surface area contributed by atoms with Crippen LogP contribution in [0.15, 0.2) is 35.1 Å². The number of aromatic amines is 1. The van der Waals surface area contributed by atoms with Crippen molar-refractivity contribution in [2.24, 2.45) is 0 Å². The number of hydrogen-bond donors (Lipinski definition) is 1. The Labute approximate surface area is 96.1 Å². The fourth-order valence-electron chi connectivity index (χ4n) is 1.54. The Hall–Kier alpha value is -2.50. The molecule has 1 N–H and O–H groups in total. The Balaban J connectivity index is 2.50. The number of H-pyrrole nitrogens is 1. The van der Waals surface area contributed by atoms with Gasteiger partial charge in [0, 0.05) is 23.8 Å². The standard InChI is InChI=1S/C11H9N3O3/c1-7-6-8(14(16)17)2-3-9(7)10-4-5-11(15)13-12-10/h2-6H,1H3,(H,13,15). The van der Waals surface area contributed by atoms with E-state index in [0.717, 1.165) is 11.1 Å². The van der Waals surface area contributed by atoms with Crippen LogP contribution in [0.2, 0.25) is 0 Å². The summed E-state index contributed by atoms with van der Waals surface area (Å²) in [4.78, 5) is 21.0. The van der Waals surface area contributed by atoms with E-state index in [1.165, 1.54) is 18.2 Å². The summed E-state index contributed by atoms with van der Waals surface area (Å²) in [5.74, 6) is 0. The van der Waals surface area contributed by atoms with Crippen molar-refractivity contribution in [3.8, 4) is 11.3 Å². The van der Waals surface area contributed by atoms with Gasteiger partial charge in [-0.15, -0.1) is 0 Å². The second-order valence-electron chi connectivity index (χ2n) is 3.56. The lowest BCUT2D eigenvalue weighted by Gasteiger charge is -2.03. The highest BCUT2D eigenvalue weighted by molar-refractivity contribution is 5.64. The third kappa shape index (κ3) is 2.20. The normalized spacial score (nSPS) is 10.2. The summed E-state index contributed by atoms with van der Waals surface area (Å²) in [6.45, 7) is 1.76. The SMILES string of the molecule is Cc1cc([N+](=O)[O-])ccc1-c1ccc(=O)[nH]n1. The van der Waals surface area contributed by atoms with E-state index in [1.54, 1.807) is 19.1 Å². The van der Waals surface area contributed by atoms with Crippen LogP contribution in [0.5, 0.6) is 0 Å². The predicted octanol–water partition coefficient (Wildman–Crippen LogP) is 1.65. The van der Waals surface area contributed by atoms with Crippen molar-refractivity contribution in [1.29, 1.82) is 0 Å². The molecule has 0 spiro atoms. The maximum absolute atomic E-state index is 10.9. The highest BCUT2D eigenvalue weighted by atomic mass is 16.6. The molecule has 86 valence electrons. The van der Waals surface area contributed by atoms with E-state index in [9.17, 15) is 14.9 Å². The van der Waals surface area contributed by atoms with Crippen LogP contribution in [0.3, 0.4) is 0 Å². The maximum atomic E-state index is 10.9. The van der Waals surface area contributed by atoms with E-state index in [2.05, 4.69) is 10.2 Å². The molecule has 0 aliphatic carbocycles. The van der Waals surface area contributed by atoms with Crippen molar-refractivity contribution in [3.63, 3.8) is 0 Å². The summed E-state index contributed by atoms with van der Waals surface area (Å²) in [7, 11) is 0. The van der Waals surface area contributed by atoms with Gasteiger partial charge < -0.3 is 0 Å². The van der Waals surface area contributed by atoms with Crippen molar-refractivity contribution >= 4 is 5.69 Å². The van der Waals surface area contributed by atoms with E-state index in [1.807, 2.05) is 0 Å². The first-order valence-electron chi connectivity index (χ1n) is 4.89. The molecule has 0 unspecified atom stereocenters. The van der Waals surface area contributed by atoms with Gasteiger partial charge in [0.25, 0.3) is 11.2 Å². The average Bonchev–Trinajstić information content (AvgIpc) is 2.30. The molecule has 0 atom stereocenters. The van der Waals surface area contributed by atoms with Crippen LogP contribution < -0.4 is 5.56 Å². The van der Waals surface area contributed by atoms with Gasteiger partial charge in [0.1, 0.15) is 0 Å². The van der Waals surface area contributed by atoms with Gasteiger partial charge in [-0.3, -0.25) is 14.9 Å². The minimum atomic E-state index is -0.447. The lowest BCUT2D eigenvalue weighted by Crippen LogP contribution is -2.05. The zero-order chi connectivity index (χ0) is 12.4. The third-order valence-electron chi connectivity index (χ3n) is 2.38. The van der Waals surface area contributed by atoms with Gasteiger partial charge in [0.2, 0.25) is 0 Å². The van der Waals surface area contributed by atoms with Gasteiger partial charge in [-0.05, 0) is 24.6 Å². The molecule has 0 saturated heterocycles. The van der Waals surface area contributed by atoms with E-state index in [0.29, 0.717) is 5.69 Å². The fraction of sp³-hybridized carbons (Fsp3) is 0.0909. The molecule has 2 rings (SSSR count). The topological polar surface area (TPSA) is 88.9 Å². The number of nitro benzene ring substituents is 1. The van der Waals surface area contributed by atoms with Crippen LogP contribution in [-0.4, -0.2) is 15.1 Å². The number of non-ortho nitro benzene ring substituents is 1. The number of benzene rings is 1. The van der Waals surface area contributed by atoms with E-state index in [-0.39, 0.29) is 11.2 Å². The maximum Gasteiger partial charge on any atom is 0.269 e. The average molecular weight is 231 g/mol. The Morgan fingerprint density at radius 1 is 1.29 bits per heavy atom. The number of rotatable bonds is 2. The zero-order valence-corrected chi connectivity index (χ0v) is 9.01. The molecule has 0 aliphatic rings. The molecule has 0 amide bonds. The summed E-state index contributed by atoms with van der Waals surface area (Å²) < 4.78 is 0. The summed E-state index contributed by atoms with van der Waals surface area (Å²) in [6.07, 6.45) is 0. The van der Waals surface area contributed by atoms with Gasteiger partial charge in [-0.1, -0.05) is 0 Å². The monoisotopic (exact) mass is 231 g/mol. The summed E-state index contributed by atoms with van der Waals surface area (Å²) in [5, 5.41) is 16.8. The Morgan fingerprint density at radius 2 is 2.06 bits per heavy atom. The van der Waals surface area contributed by atoms with E-state index < -0.39 is 4.92 Å². The number of aryl methyl sites for hydroxylation is 1. The lowest BCUT2D eigenvalue weighted by atomic mass is 10.0. The summed E-state index contributed by atoms with van der Waals surface area (Å²) in [5.41, 5.74) is 1.83. The Morgan fingerprint density at radius 3 is 2.59 bits per heavy atom. The zero-order valence-electron chi connectivity index (χ0n) is 9.01. The largest absolute Gasteiger partial charge is 0.269 e. The van der Waals surface area contributed by atoms with Crippen LogP contribution in [0.25, 0.3) is 11.3 Å². The van der Waals surface area contributed by atoms with Crippen LogP contribution in [-0.2, 0) is 0 Å². The highest BCUT2D eigenvalue weighted by Gasteiger charge is 2.09. The van der Waals surface area contributed by atoms with Crippen LogP contribution >= 0.6 is 0 Å². The molecule has 0 aliphatic heterocycles. The number of hydrogen-bond acceptors (Lipinski definition) is 4. The molecule has 6 nitrogen and oxygen atoms in total. The van der Waals surface area contributed by atoms with Gasteiger partial charge in [-0.2, -0.15) is 5.10 Å². The number of nitro groups is 1. The molecule has 6 heteroatoms. The van der Waals surface area contributed by atoms with Gasteiger partial charge >= 0.3 is 0 Å². The molecule has 1 heterocycles. The van der Waals surface area contributed by atoms with Crippen LogP contribution in [0.4, 0.5) is 5.69 Å². The molecule has 1 aromatic heterocycles. The number of nitrogens with zero attached hydrogens (tertiary/aromatic N) is 2. The lowest BCUT2D eigenvalue weighted by molar-refractivity contribution is -0.384. The third-order valence-corrected chi connectivity index (χ3v) is 2.38. The molecule has 0 radical (unpaired) electrons. The first-order valence-corrected chi connectivity index (χ1v) is 4.89. The Kier molecular flexibility index (Phi) is 2.70. The van der Waals surface area contributed by atoms with Gasteiger partial charge in [-0.25, -0.2) is 5.10 Å². The Bertz CT molecular complexity index is 614. The molecule has 17 heavy (non-hydrogen) atoms. The summed E-state index contributed by atoms with van der Waals surface area (Å²) >= 11 is 0. The van der Waals surface area contributed by atoms with Crippen molar-refractivity contribution < 1.29 is 4.92 Å². The first-order chi connectivity index (χ1) is 8.08. The quantitative estimate of drug-likeness (QED) is 0.628. The predicted molar refractivity (Wildman–Crippen MR) is 61.7 cm³/mol. The van der Waals surface area contributed by atoms with Crippen molar-refractivity contribution in [3.05, 3.63) is 56.4 Å². The fourth-order valence-corrected chi connectivity index (χ4v) is 1.54. The molecule has 0 bridgehead atoms. The van der Waals surface area contributed by atoms with Gasteiger partial charge in [0.05, 0.1) is 10.6 Å². The summed E-state index contributed by atoms with van der Waals surface area (Å²) in [6, 6.07) is 7.45. The molecule has 2 aromatic rings. The van der Waals surface area contributed by atoms with Crippen molar-refractivity contribution in [2.45, 2.75) is 6.92 Å². The smallest absolute Gasteiger partial charge is 0.268 e. The van der Waals surface area contributed by atoms with Crippen molar-refractivity contribution in [1.82, 2.24) is 10.2 Å². The first kappa shape index (κ1) is 11.0. The number of aromatic nitrogens is 2. The molecule has 1 aromatic carbocycles. The van der Waals surface area contributed by atoms with Crippen LogP contribution in [0.1, 0.15) is 5.56 Å². The molecule has 0 saturated carbocycles. The van der Waals surface area contributed by atoms with E-state index in [4.69, 9.17) is 0 Å². The van der Waals surface area contributed by atoms with Crippen LogP contribution in [0, 0.1) is 17.0 Å². The highest BCUT2D eigenvalue weighted by Crippen LogP contribution is 2.24. The molecular weight excluding hydrogens is 222 g/mol. The van der Waals surface area contributed by atoms with Crippen molar-refractivity contribution in [2.75, 3.05) is 0 Å².